The summed E-state index contributed by atoms with van der Waals surface area (Å²) in [5, 5.41) is 18.2. The summed E-state index contributed by atoms with van der Waals surface area (Å²) in [6.07, 6.45) is 5.04. The van der Waals surface area contributed by atoms with Crippen LogP contribution in [0, 0.1) is 6.92 Å². The van der Waals surface area contributed by atoms with Crippen LogP contribution in [0.5, 0.6) is 0 Å². The molecule has 0 amide bonds. The first kappa shape index (κ1) is 16.4. The molecule has 2 aromatic heterocycles. The fourth-order valence-corrected chi connectivity index (χ4v) is 2.75. The van der Waals surface area contributed by atoms with Crippen molar-refractivity contribution in [2.24, 2.45) is 7.05 Å². The van der Waals surface area contributed by atoms with Crippen LogP contribution in [-0.4, -0.2) is 26.4 Å². The average molecular weight is 322 g/mol. The highest BCUT2D eigenvalue weighted by Crippen LogP contribution is 2.21. The van der Waals surface area contributed by atoms with E-state index >= 15 is 0 Å². The number of aliphatic hydroxyl groups excluding tert-OH is 1. The van der Waals surface area contributed by atoms with E-state index in [1.807, 2.05) is 62.8 Å². The second kappa shape index (κ2) is 7.38. The number of benzene rings is 1. The zero-order valence-electron chi connectivity index (χ0n) is 14.0. The summed E-state index contributed by atoms with van der Waals surface area (Å²) < 4.78 is 1.80. The van der Waals surface area contributed by atoms with Crippen molar-refractivity contribution in [3.8, 4) is 11.3 Å². The maximum Gasteiger partial charge on any atom is 0.0983 e. The van der Waals surface area contributed by atoms with Crippen LogP contribution in [-0.2, 0) is 13.6 Å². The van der Waals surface area contributed by atoms with E-state index in [0.717, 1.165) is 27.9 Å². The van der Waals surface area contributed by atoms with Gasteiger partial charge in [0.1, 0.15) is 0 Å². The summed E-state index contributed by atoms with van der Waals surface area (Å²) in [7, 11) is 1.91. The lowest BCUT2D eigenvalue weighted by Crippen LogP contribution is -2.21. The van der Waals surface area contributed by atoms with Gasteiger partial charge >= 0.3 is 0 Å². The predicted molar refractivity (Wildman–Crippen MR) is 94.3 cm³/mol. The molecule has 5 heteroatoms. The number of hydrogen-bond acceptors (Lipinski definition) is 4. The van der Waals surface area contributed by atoms with Crippen molar-refractivity contribution in [3.63, 3.8) is 0 Å². The highest BCUT2D eigenvalue weighted by molar-refractivity contribution is 5.61. The van der Waals surface area contributed by atoms with E-state index in [4.69, 9.17) is 0 Å². The lowest BCUT2D eigenvalue weighted by atomic mass is 10.1. The van der Waals surface area contributed by atoms with Gasteiger partial charge in [-0.25, -0.2) is 0 Å². The Morgan fingerprint density at radius 1 is 1.25 bits per heavy atom. The van der Waals surface area contributed by atoms with Gasteiger partial charge in [-0.3, -0.25) is 9.67 Å². The molecule has 0 saturated carbocycles. The Kier molecular flexibility index (Phi) is 5.03. The van der Waals surface area contributed by atoms with Gasteiger partial charge in [0.25, 0.3) is 0 Å². The number of rotatable bonds is 6. The van der Waals surface area contributed by atoms with Crippen LogP contribution in [0.4, 0.5) is 0 Å². The van der Waals surface area contributed by atoms with Crippen molar-refractivity contribution in [2.75, 3.05) is 6.54 Å². The van der Waals surface area contributed by atoms with Crippen LogP contribution in [0.1, 0.15) is 22.8 Å². The van der Waals surface area contributed by atoms with E-state index in [0.29, 0.717) is 13.1 Å². The molecule has 0 radical (unpaired) electrons. The minimum absolute atomic E-state index is 0.491. The van der Waals surface area contributed by atoms with E-state index in [2.05, 4.69) is 15.4 Å². The van der Waals surface area contributed by atoms with E-state index in [-0.39, 0.29) is 0 Å². The van der Waals surface area contributed by atoms with Crippen molar-refractivity contribution in [3.05, 3.63) is 71.7 Å². The quantitative estimate of drug-likeness (QED) is 0.732. The van der Waals surface area contributed by atoms with E-state index in [1.54, 1.807) is 10.9 Å². The first-order valence-electron chi connectivity index (χ1n) is 8.02. The first-order chi connectivity index (χ1) is 11.6. The van der Waals surface area contributed by atoms with Crippen molar-refractivity contribution in [2.45, 2.75) is 19.6 Å². The number of hydrogen-bond donors (Lipinski definition) is 2. The van der Waals surface area contributed by atoms with Gasteiger partial charge in [-0.15, -0.1) is 0 Å². The molecule has 0 bridgehead atoms. The minimum atomic E-state index is -0.525. The Balaban J connectivity index is 1.65. The molecule has 0 spiro atoms. The van der Waals surface area contributed by atoms with E-state index in [9.17, 15) is 5.11 Å². The second-order valence-electron chi connectivity index (χ2n) is 5.98. The average Bonchev–Trinajstić information content (AvgIpc) is 2.96. The molecule has 0 aliphatic carbocycles. The minimum Gasteiger partial charge on any atom is -0.387 e. The summed E-state index contributed by atoms with van der Waals surface area (Å²) in [5.74, 6) is 0. The van der Waals surface area contributed by atoms with Gasteiger partial charge in [0, 0.05) is 49.9 Å². The molecule has 24 heavy (non-hydrogen) atoms. The van der Waals surface area contributed by atoms with Gasteiger partial charge in [-0.2, -0.15) is 5.10 Å². The van der Waals surface area contributed by atoms with Crippen LogP contribution >= 0.6 is 0 Å². The maximum absolute atomic E-state index is 10.3. The Hall–Kier alpha value is -2.50. The third-order valence-corrected chi connectivity index (χ3v) is 3.92. The summed E-state index contributed by atoms with van der Waals surface area (Å²) in [6.45, 7) is 3.16. The van der Waals surface area contributed by atoms with Crippen molar-refractivity contribution in [1.82, 2.24) is 20.1 Å². The van der Waals surface area contributed by atoms with Crippen molar-refractivity contribution in [1.29, 1.82) is 0 Å². The molecule has 124 valence electrons. The summed E-state index contributed by atoms with van der Waals surface area (Å²) in [5.41, 5.74) is 5.08. The number of nitrogens with one attached hydrogen (secondary N) is 1. The fourth-order valence-electron chi connectivity index (χ4n) is 2.75. The van der Waals surface area contributed by atoms with Crippen LogP contribution in [0.25, 0.3) is 11.3 Å². The molecule has 2 heterocycles. The van der Waals surface area contributed by atoms with Gasteiger partial charge in [0.05, 0.1) is 11.8 Å². The molecule has 3 rings (SSSR count). The van der Waals surface area contributed by atoms with E-state index < -0.39 is 6.10 Å². The molecule has 0 saturated heterocycles. The number of aliphatic hydroxyl groups is 1. The Labute approximate surface area is 142 Å². The highest BCUT2D eigenvalue weighted by Gasteiger charge is 2.12. The molecule has 0 aliphatic rings. The van der Waals surface area contributed by atoms with Gasteiger partial charge in [-0.1, -0.05) is 29.8 Å². The molecule has 2 N–H and O–H groups in total. The van der Waals surface area contributed by atoms with Gasteiger partial charge in [-0.05, 0) is 24.6 Å². The molecule has 5 nitrogen and oxygen atoms in total. The van der Waals surface area contributed by atoms with Crippen LogP contribution in [0.2, 0.25) is 0 Å². The predicted octanol–water partition coefficient (Wildman–Crippen LogP) is 2.61. The summed E-state index contributed by atoms with van der Waals surface area (Å²) in [6, 6.07) is 11.9. The molecule has 1 unspecified atom stereocenters. The first-order valence-corrected chi connectivity index (χ1v) is 8.02. The number of nitrogens with zero attached hydrogens (tertiary/aromatic N) is 3. The number of pyridine rings is 1. The van der Waals surface area contributed by atoms with Crippen molar-refractivity contribution < 1.29 is 5.11 Å². The molecule has 0 aliphatic heterocycles. The zero-order valence-corrected chi connectivity index (χ0v) is 14.0. The summed E-state index contributed by atoms with van der Waals surface area (Å²) in [4.78, 5) is 4.16. The monoisotopic (exact) mass is 322 g/mol. The lowest BCUT2D eigenvalue weighted by Gasteiger charge is -2.13. The van der Waals surface area contributed by atoms with Crippen molar-refractivity contribution >= 4 is 0 Å². The lowest BCUT2D eigenvalue weighted by molar-refractivity contribution is 0.174. The van der Waals surface area contributed by atoms with Crippen LogP contribution in [0.3, 0.4) is 0 Å². The van der Waals surface area contributed by atoms with Crippen LogP contribution in [0.15, 0.2) is 55.0 Å². The number of aromatic nitrogens is 3. The SMILES string of the molecule is Cc1cccc(C(O)CNCc2cn(C)nc2-c2cccnc2)c1. The molecular formula is C19H22N4O. The van der Waals surface area contributed by atoms with Gasteiger partial charge in [0.2, 0.25) is 0 Å². The fraction of sp³-hybridized carbons (Fsp3) is 0.263. The largest absolute Gasteiger partial charge is 0.387 e. The second-order valence-corrected chi connectivity index (χ2v) is 5.98. The molecule has 1 aromatic carbocycles. The van der Waals surface area contributed by atoms with Gasteiger partial charge < -0.3 is 10.4 Å². The molecule has 0 fully saturated rings. The summed E-state index contributed by atoms with van der Waals surface area (Å²) >= 11 is 0. The number of aryl methyl sites for hydroxylation is 2. The Morgan fingerprint density at radius 3 is 2.88 bits per heavy atom. The topological polar surface area (TPSA) is 63.0 Å². The zero-order chi connectivity index (χ0) is 16.9. The molecular weight excluding hydrogens is 300 g/mol. The molecule has 3 aromatic rings. The standard InChI is InChI=1S/C19H22N4O/c1-14-5-3-6-15(9-14)18(24)12-21-11-17-13-23(2)22-19(17)16-7-4-8-20-10-16/h3-10,13,18,21,24H,11-12H2,1-2H3. The maximum atomic E-state index is 10.3. The highest BCUT2D eigenvalue weighted by atomic mass is 16.3. The molecule has 1 atom stereocenters. The third kappa shape index (κ3) is 3.88. The normalized spacial score (nSPS) is 12.3. The van der Waals surface area contributed by atoms with Gasteiger partial charge in [0.15, 0.2) is 0 Å². The third-order valence-electron chi connectivity index (χ3n) is 3.92. The Bertz CT molecular complexity index is 798. The van der Waals surface area contributed by atoms with Crippen LogP contribution < -0.4 is 5.32 Å². The van der Waals surface area contributed by atoms with E-state index in [1.165, 1.54) is 0 Å². The Morgan fingerprint density at radius 2 is 2.12 bits per heavy atom. The smallest absolute Gasteiger partial charge is 0.0983 e.